The van der Waals surface area contributed by atoms with Crippen molar-refractivity contribution in [2.75, 3.05) is 7.11 Å². The van der Waals surface area contributed by atoms with Crippen molar-refractivity contribution in [3.05, 3.63) is 98.9 Å². The minimum atomic E-state index is -0.730. The van der Waals surface area contributed by atoms with Crippen LogP contribution in [-0.4, -0.2) is 34.8 Å². The molecule has 2 aromatic carbocycles. The first-order valence-electron chi connectivity index (χ1n) is 10.4. The van der Waals surface area contributed by atoms with Crippen molar-refractivity contribution in [2.24, 2.45) is 0 Å². The molecular formula is C24H18FN3O8. The first kappa shape index (κ1) is 24.1. The fourth-order valence-corrected chi connectivity index (χ4v) is 3.39. The molecule has 0 unspecified atom stereocenters. The van der Waals surface area contributed by atoms with Crippen molar-refractivity contribution in [1.82, 2.24) is 10.2 Å². The SMILES string of the molecule is COC(=O)c1ccc(CN2C(=O)N/C(=C\c3ccc(OCc4cccc(F)c4)c([N+](=O)[O-])c3)C2=O)o1. The van der Waals surface area contributed by atoms with Crippen LogP contribution in [0.2, 0.25) is 0 Å². The Balaban J connectivity index is 1.50. The van der Waals surface area contributed by atoms with E-state index >= 15 is 0 Å². The molecule has 1 aliphatic rings. The van der Waals surface area contributed by atoms with Crippen LogP contribution in [0.4, 0.5) is 14.9 Å². The number of esters is 1. The minimum Gasteiger partial charge on any atom is -0.482 e. The van der Waals surface area contributed by atoms with Gasteiger partial charge in [0.2, 0.25) is 5.76 Å². The molecule has 2 heterocycles. The van der Waals surface area contributed by atoms with E-state index in [0.717, 1.165) is 4.90 Å². The molecule has 0 saturated carbocycles. The Morgan fingerprint density at radius 1 is 1.19 bits per heavy atom. The smallest absolute Gasteiger partial charge is 0.373 e. The number of nitro benzene ring substituents is 1. The summed E-state index contributed by atoms with van der Waals surface area (Å²) < 4.78 is 28.7. The zero-order chi connectivity index (χ0) is 25.8. The van der Waals surface area contributed by atoms with E-state index in [1.165, 1.54) is 61.7 Å². The zero-order valence-electron chi connectivity index (χ0n) is 18.7. The number of benzene rings is 2. The van der Waals surface area contributed by atoms with E-state index in [4.69, 9.17) is 9.15 Å². The maximum Gasteiger partial charge on any atom is 0.373 e. The summed E-state index contributed by atoms with van der Waals surface area (Å²) >= 11 is 0. The molecule has 0 atom stereocenters. The molecule has 0 aliphatic carbocycles. The van der Waals surface area contributed by atoms with Gasteiger partial charge in [-0.25, -0.2) is 14.0 Å². The molecule has 0 radical (unpaired) electrons. The minimum absolute atomic E-state index is 0.0472. The van der Waals surface area contributed by atoms with Gasteiger partial charge in [0, 0.05) is 6.07 Å². The van der Waals surface area contributed by atoms with Gasteiger partial charge in [0.15, 0.2) is 5.75 Å². The molecule has 1 fully saturated rings. The molecule has 11 nitrogen and oxygen atoms in total. The number of nitro groups is 1. The van der Waals surface area contributed by atoms with E-state index < -0.39 is 28.6 Å². The lowest BCUT2D eigenvalue weighted by Crippen LogP contribution is -2.30. The third kappa shape index (κ3) is 5.22. The Labute approximate surface area is 202 Å². The average Bonchev–Trinajstić information content (AvgIpc) is 3.43. The van der Waals surface area contributed by atoms with Crippen LogP contribution in [0.25, 0.3) is 6.08 Å². The van der Waals surface area contributed by atoms with Gasteiger partial charge in [0.05, 0.1) is 18.6 Å². The Morgan fingerprint density at radius 2 is 2.00 bits per heavy atom. The number of carbonyl (C=O) groups is 3. The average molecular weight is 495 g/mol. The molecule has 0 bridgehead atoms. The lowest BCUT2D eigenvalue weighted by molar-refractivity contribution is -0.386. The number of rotatable bonds is 8. The van der Waals surface area contributed by atoms with Crippen molar-refractivity contribution in [3.8, 4) is 5.75 Å². The standard InChI is InChI=1S/C24H18FN3O8/c1-34-23(30)21-8-6-17(36-21)12-27-22(29)18(26-24(27)31)10-14-5-7-20(19(11-14)28(32)33)35-13-15-3-2-4-16(25)9-15/h2-11H,12-13H2,1H3,(H,26,31)/b18-10-. The number of imide groups is 1. The molecule has 1 saturated heterocycles. The number of furan rings is 1. The number of amides is 3. The molecule has 4 rings (SSSR count). The molecule has 3 amide bonds. The van der Waals surface area contributed by atoms with Crippen molar-refractivity contribution in [3.63, 3.8) is 0 Å². The summed E-state index contributed by atoms with van der Waals surface area (Å²) in [5, 5.41) is 14.0. The van der Waals surface area contributed by atoms with Gasteiger partial charge in [-0.1, -0.05) is 18.2 Å². The zero-order valence-corrected chi connectivity index (χ0v) is 18.7. The first-order valence-corrected chi connectivity index (χ1v) is 10.4. The number of hydrogen-bond acceptors (Lipinski definition) is 8. The van der Waals surface area contributed by atoms with E-state index in [0.29, 0.717) is 5.56 Å². The number of nitrogens with zero attached hydrogens (tertiary/aromatic N) is 2. The number of carbonyl (C=O) groups excluding carboxylic acids is 3. The highest BCUT2D eigenvalue weighted by Gasteiger charge is 2.34. The van der Waals surface area contributed by atoms with Crippen LogP contribution in [0.5, 0.6) is 5.75 Å². The largest absolute Gasteiger partial charge is 0.482 e. The fourth-order valence-electron chi connectivity index (χ4n) is 3.39. The molecule has 184 valence electrons. The Bertz CT molecular complexity index is 1400. The van der Waals surface area contributed by atoms with Crippen LogP contribution in [0.3, 0.4) is 0 Å². The van der Waals surface area contributed by atoms with Crippen LogP contribution in [0.1, 0.15) is 27.4 Å². The van der Waals surface area contributed by atoms with Gasteiger partial charge in [-0.15, -0.1) is 0 Å². The summed E-state index contributed by atoms with van der Waals surface area (Å²) in [7, 11) is 1.19. The fraction of sp³-hybridized carbons (Fsp3) is 0.125. The maximum atomic E-state index is 13.3. The normalized spacial score (nSPS) is 14.2. The van der Waals surface area contributed by atoms with Crippen molar-refractivity contribution in [2.45, 2.75) is 13.2 Å². The quantitative estimate of drug-likeness (QED) is 0.164. The topological polar surface area (TPSA) is 141 Å². The lowest BCUT2D eigenvalue weighted by Gasteiger charge is -2.09. The number of urea groups is 1. The molecule has 1 N–H and O–H groups in total. The number of methoxy groups -OCH3 is 1. The molecular weight excluding hydrogens is 477 g/mol. The summed E-state index contributed by atoms with van der Waals surface area (Å²) in [6, 6.07) is 11.7. The summed E-state index contributed by atoms with van der Waals surface area (Å²) in [6.07, 6.45) is 1.28. The second kappa shape index (κ2) is 10.1. The summed E-state index contributed by atoms with van der Waals surface area (Å²) in [5.74, 6) is -1.80. The summed E-state index contributed by atoms with van der Waals surface area (Å²) in [6.45, 7) is -0.334. The van der Waals surface area contributed by atoms with E-state index in [9.17, 15) is 28.9 Å². The highest BCUT2D eigenvalue weighted by molar-refractivity contribution is 6.13. The second-order valence-corrected chi connectivity index (χ2v) is 7.54. The van der Waals surface area contributed by atoms with Crippen LogP contribution in [0.15, 0.2) is 64.7 Å². The van der Waals surface area contributed by atoms with Gasteiger partial charge in [0.25, 0.3) is 5.91 Å². The molecule has 1 aromatic heterocycles. The number of hydrogen-bond donors (Lipinski definition) is 1. The molecule has 12 heteroatoms. The molecule has 0 spiro atoms. The monoisotopic (exact) mass is 495 g/mol. The van der Waals surface area contributed by atoms with Gasteiger partial charge in [0.1, 0.15) is 23.9 Å². The van der Waals surface area contributed by atoms with Crippen LogP contribution >= 0.6 is 0 Å². The maximum absolute atomic E-state index is 13.3. The Morgan fingerprint density at radius 3 is 2.72 bits per heavy atom. The lowest BCUT2D eigenvalue weighted by atomic mass is 10.1. The number of halogens is 1. The van der Waals surface area contributed by atoms with Gasteiger partial charge >= 0.3 is 17.7 Å². The van der Waals surface area contributed by atoms with Gasteiger partial charge in [-0.2, -0.15) is 0 Å². The third-order valence-electron chi connectivity index (χ3n) is 5.10. The van der Waals surface area contributed by atoms with Crippen LogP contribution < -0.4 is 10.1 Å². The van der Waals surface area contributed by atoms with Crippen LogP contribution in [-0.2, 0) is 22.7 Å². The van der Waals surface area contributed by atoms with E-state index in [1.807, 2.05) is 0 Å². The van der Waals surface area contributed by atoms with Crippen molar-refractivity contribution < 1.29 is 37.6 Å². The van der Waals surface area contributed by atoms with E-state index in [1.54, 1.807) is 6.07 Å². The van der Waals surface area contributed by atoms with E-state index in [2.05, 4.69) is 10.1 Å². The number of ether oxygens (including phenoxy) is 2. The number of nitrogens with one attached hydrogen (secondary N) is 1. The van der Waals surface area contributed by atoms with Crippen LogP contribution in [0, 0.1) is 15.9 Å². The van der Waals surface area contributed by atoms with E-state index in [-0.39, 0.29) is 47.4 Å². The predicted octanol–water partition coefficient (Wildman–Crippen LogP) is 3.79. The first-order chi connectivity index (χ1) is 17.2. The molecule has 1 aliphatic heterocycles. The second-order valence-electron chi connectivity index (χ2n) is 7.54. The van der Waals surface area contributed by atoms with Gasteiger partial charge in [-0.05, 0) is 47.5 Å². The Hall–Kier alpha value is -5.00. The molecule has 3 aromatic rings. The van der Waals surface area contributed by atoms with Gasteiger partial charge < -0.3 is 19.2 Å². The predicted molar refractivity (Wildman–Crippen MR) is 121 cm³/mol. The summed E-state index contributed by atoms with van der Waals surface area (Å²) in [4.78, 5) is 48.4. The third-order valence-corrected chi connectivity index (χ3v) is 5.10. The molecule has 36 heavy (non-hydrogen) atoms. The highest BCUT2D eigenvalue weighted by Crippen LogP contribution is 2.30. The Kier molecular flexibility index (Phi) is 6.77. The summed E-state index contributed by atoms with van der Waals surface area (Å²) in [5.41, 5.74) is 0.268. The van der Waals surface area contributed by atoms with Crippen molar-refractivity contribution in [1.29, 1.82) is 0 Å². The van der Waals surface area contributed by atoms with Gasteiger partial charge in [-0.3, -0.25) is 19.8 Å². The van der Waals surface area contributed by atoms with Crippen molar-refractivity contribution >= 4 is 29.7 Å². The highest BCUT2D eigenvalue weighted by atomic mass is 19.1.